The second-order valence-corrected chi connectivity index (χ2v) is 5.05. The highest BCUT2D eigenvalue weighted by molar-refractivity contribution is 5.76. The normalized spacial score (nSPS) is 26.8. The van der Waals surface area contributed by atoms with Crippen LogP contribution < -0.4 is 0 Å². The monoisotopic (exact) mass is 233 g/mol. The van der Waals surface area contributed by atoms with Crippen LogP contribution in [-0.2, 0) is 0 Å². The number of rotatable bonds is 2. The molecule has 2 aliphatic rings. The summed E-state index contributed by atoms with van der Waals surface area (Å²) in [5, 5.41) is 0. The molecule has 0 radical (unpaired) electrons. The Labute approximate surface area is 107 Å². The molecule has 0 amide bonds. The van der Waals surface area contributed by atoms with E-state index in [4.69, 9.17) is 0 Å². The molecular weight excluding hydrogens is 218 g/mol. The van der Waals surface area contributed by atoms with Gasteiger partial charge in [-0.25, -0.2) is 0 Å². The minimum Gasteiger partial charge on any atom is -0.282 e. The summed E-state index contributed by atoms with van der Waals surface area (Å²) in [6, 6.07) is 18.7. The largest absolute Gasteiger partial charge is 0.282 e. The Morgan fingerprint density at radius 3 is 1.89 bits per heavy atom. The van der Waals surface area contributed by atoms with Crippen LogP contribution in [0.5, 0.6) is 0 Å². The smallest absolute Gasteiger partial charge is 0.0562 e. The number of benzene rings is 2. The van der Waals surface area contributed by atoms with Gasteiger partial charge in [-0.05, 0) is 22.3 Å². The molecule has 3 atom stereocenters. The van der Waals surface area contributed by atoms with Crippen molar-refractivity contribution in [1.82, 2.24) is 4.90 Å². The van der Waals surface area contributed by atoms with Gasteiger partial charge in [-0.15, -0.1) is 6.58 Å². The summed E-state index contributed by atoms with van der Waals surface area (Å²) in [5.74, 6) is 0. The summed E-state index contributed by atoms with van der Waals surface area (Å²) in [6.45, 7) is 4.84. The van der Waals surface area contributed by atoms with Gasteiger partial charge in [0.05, 0.1) is 12.1 Å². The van der Waals surface area contributed by atoms with E-state index in [0.29, 0.717) is 12.1 Å². The second-order valence-electron chi connectivity index (χ2n) is 5.05. The number of fused-ring (bicyclic) bond motifs is 6. The van der Waals surface area contributed by atoms with E-state index in [0.717, 1.165) is 6.54 Å². The third-order valence-corrected chi connectivity index (χ3v) is 4.11. The average molecular weight is 233 g/mol. The molecule has 0 aromatic heterocycles. The first-order chi connectivity index (χ1) is 8.92. The van der Waals surface area contributed by atoms with Crippen molar-refractivity contribution >= 4 is 0 Å². The summed E-state index contributed by atoms with van der Waals surface area (Å²) in [7, 11) is 0. The van der Waals surface area contributed by atoms with Crippen LogP contribution in [-0.4, -0.2) is 11.4 Å². The first-order valence-corrected chi connectivity index (χ1v) is 6.46. The van der Waals surface area contributed by atoms with Crippen molar-refractivity contribution in [2.75, 3.05) is 6.54 Å². The molecule has 0 bridgehead atoms. The second kappa shape index (κ2) is 3.56. The van der Waals surface area contributed by atoms with E-state index in [-0.39, 0.29) is 0 Å². The van der Waals surface area contributed by atoms with Crippen LogP contribution >= 0.6 is 0 Å². The maximum Gasteiger partial charge on any atom is 0.0562 e. The molecule has 88 valence electrons. The van der Waals surface area contributed by atoms with Gasteiger partial charge in [0.1, 0.15) is 0 Å². The maximum atomic E-state index is 3.87. The van der Waals surface area contributed by atoms with Crippen molar-refractivity contribution in [3.05, 3.63) is 72.3 Å². The standard InChI is InChI=1S/C17H15N/c1-2-11-18-16-14-9-5-3-7-12(14)13-8-4-6-10-15(13)17(16)18/h2-10,16-17H,1,11H2/t16-,17+,18?. The average Bonchev–Trinajstić information content (AvgIpc) is 3.14. The SMILES string of the molecule is C=CCN1[C@@H]2c3ccccc3-c3ccccc3[C@@H]21. The van der Waals surface area contributed by atoms with Crippen molar-refractivity contribution in [2.45, 2.75) is 12.1 Å². The van der Waals surface area contributed by atoms with E-state index in [9.17, 15) is 0 Å². The zero-order chi connectivity index (χ0) is 12.1. The Hall–Kier alpha value is -1.86. The fourth-order valence-electron chi connectivity index (χ4n) is 3.35. The van der Waals surface area contributed by atoms with Crippen molar-refractivity contribution in [2.24, 2.45) is 0 Å². The first kappa shape index (κ1) is 10.1. The third-order valence-electron chi connectivity index (χ3n) is 4.11. The van der Waals surface area contributed by atoms with Crippen molar-refractivity contribution in [3.8, 4) is 11.1 Å². The zero-order valence-electron chi connectivity index (χ0n) is 10.2. The molecule has 1 aliphatic heterocycles. The lowest BCUT2D eigenvalue weighted by Crippen LogP contribution is -1.98. The molecule has 1 aliphatic carbocycles. The van der Waals surface area contributed by atoms with Crippen LogP contribution in [0.1, 0.15) is 23.2 Å². The zero-order valence-corrected chi connectivity index (χ0v) is 10.2. The quantitative estimate of drug-likeness (QED) is 0.560. The lowest BCUT2D eigenvalue weighted by atomic mass is 9.86. The highest BCUT2D eigenvalue weighted by Gasteiger charge is 2.52. The molecule has 1 heterocycles. The minimum absolute atomic E-state index is 0.564. The maximum absolute atomic E-state index is 3.87. The molecule has 1 fully saturated rings. The summed E-state index contributed by atoms with van der Waals surface area (Å²) >= 11 is 0. The highest BCUT2D eigenvalue weighted by Crippen LogP contribution is 2.61. The molecule has 0 saturated carbocycles. The van der Waals surface area contributed by atoms with Gasteiger partial charge in [-0.2, -0.15) is 0 Å². The summed E-state index contributed by atoms with van der Waals surface area (Å²) in [6.07, 6.45) is 2.00. The van der Waals surface area contributed by atoms with Crippen LogP contribution in [0.25, 0.3) is 11.1 Å². The Bertz CT molecular complexity index is 578. The summed E-state index contributed by atoms with van der Waals surface area (Å²) in [5.41, 5.74) is 5.76. The molecular formula is C17H15N. The molecule has 2 aromatic carbocycles. The molecule has 1 unspecified atom stereocenters. The molecule has 1 saturated heterocycles. The van der Waals surface area contributed by atoms with Crippen LogP contribution in [0.4, 0.5) is 0 Å². The van der Waals surface area contributed by atoms with Crippen molar-refractivity contribution in [3.63, 3.8) is 0 Å². The van der Waals surface area contributed by atoms with E-state index < -0.39 is 0 Å². The summed E-state index contributed by atoms with van der Waals surface area (Å²) < 4.78 is 0. The highest BCUT2D eigenvalue weighted by atomic mass is 15.4. The van der Waals surface area contributed by atoms with E-state index in [2.05, 4.69) is 60.0 Å². The number of nitrogens with zero attached hydrogens (tertiary/aromatic N) is 1. The molecule has 2 aromatic rings. The van der Waals surface area contributed by atoms with Crippen molar-refractivity contribution in [1.29, 1.82) is 0 Å². The van der Waals surface area contributed by atoms with Gasteiger partial charge in [0.15, 0.2) is 0 Å². The molecule has 0 N–H and O–H groups in total. The van der Waals surface area contributed by atoms with E-state index in [1.165, 1.54) is 22.3 Å². The van der Waals surface area contributed by atoms with Gasteiger partial charge in [-0.1, -0.05) is 54.6 Å². The Morgan fingerprint density at radius 2 is 1.39 bits per heavy atom. The fourth-order valence-corrected chi connectivity index (χ4v) is 3.35. The third kappa shape index (κ3) is 1.20. The topological polar surface area (TPSA) is 3.01 Å². The first-order valence-electron chi connectivity index (χ1n) is 6.46. The number of hydrogen-bond donors (Lipinski definition) is 0. The lowest BCUT2D eigenvalue weighted by molar-refractivity contribution is 0.544. The molecule has 0 spiro atoms. The van der Waals surface area contributed by atoms with Gasteiger partial charge in [0.2, 0.25) is 0 Å². The predicted molar refractivity (Wildman–Crippen MR) is 74.3 cm³/mol. The van der Waals surface area contributed by atoms with Crippen molar-refractivity contribution < 1.29 is 0 Å². The molecule has 1 nitrogen and oxygen atoms in total. The number of hydrogen-bond acceptors (Lipinski definition) is 1. The lowest BCUT2D eigenvalue weighted by Gasteiger charge is -2.16. The molecule has 1 heteroatoms. The summed E-state index contributed by atoms with van der Waals surface area (Å²) in [4.78, 5) is 2.51. The van der Waals surface area contributed by atoms with Crippen LogP contribution in [0.15, 0.2) is 61.2 Å². The Kier molecular flexibility index (Phi) is 2.00. The Morgan fingerprint density at radius 1 is 0.889 bits per heavy atom. The van der Waals surface area contributed by atoms with Crippen LogP contribution in [0, 0.1) is 0 Å². The van der Waals surface area contributed by atoms with E-state index in [1.807, 2.05) is 6.08 Å². The Balaban J connectivity index is 1.94. The van der Waals surface area contributed by atoms with Crippen LogP contribution in [0.2, 0.25) is 0 Å². The van der Waals surface area contributed by atoms with Gasteiger partial charge in [0, 0.05) is 6.54 Å². The van der Waals surface area contributed by atoms with E-state index >= 15 is 0 Å². The minimum atomic E-state index is 0.564. The van der Waals surface area contributed by atoms with Gasteiger partial charge >= 0.3 is 0 Å². The predicted octanol–water partition coefficient (Wildman–Crippen LogP) is 3.95. The van der Waals surface area contributed by atoms with Gasteiger partial charge < -0.3 is 0 Å². The molecule has 4 rings (SSSR count). The van der Waals surface area contributed by atoms with Gasteiger partial charge in [0.25, 0.3) is 0 Å². The van der Waals surface area contributed by atoms with Crippen LogP contribution in [0.3, 0.4) is 0 Å². The molecule has 18 heavy (non-hydrogen) atoms. The fraction of sp³-hybridized carbons (Fsp3) is 0.176. The van der Waals surface area contributed by atoms with E-state index in [1.54, 1.807) is 0 Å². The van der Waals surface area contributed by atoms with Gasteiger partial charge in [-0.3, -0.25) is 4.90 Å².